The number of aliphatic hydroxyl groups is 1. The van der Waals surface area contributed by atoms with Gasteiger partial charge < -0.3 is 14.2 Å². The number of allylic oxidation sites excluding steroid dienone is 2. The van der Waals surface area contributed by atoms with Crippen LogP contribution in [-0.2, 0) is 29.2 Å². The van der Waals surface area contributed by atoms with Gasteiger partial charge in [0.1, 0.15) is 12.2 Å². The standard InChI is InChI=1S/C28H46O9S2/c1-17(2)18(3)6-7-19(16-36-38(30,31)32)21-10-11-22-20-8-9-24-26(29)25(37-39(33,34)35)13-15-28(24,5)23(20)12-14-27(21,22)4/h9,17,19-23,25-26,29H,3,6-8,10-16H2,1-2,4-5H3,(H,30,31,32)(H,33,34,35)/p-2/t19-,20?,21+,22?,23?,25+,26+,27+,28+/m0/s1. The minimum atomic E-state index is -4.91. The predicted molar refractivity (Wildman–Crippen MR) is 144 cm³/mol. The summed E-state index contributed by atoms with van der Waals surface area (Å²) in [6.45, 7) is 12.7. The summed E-state index contributed by atoms with van der Waals surface area (Å²) in [6.07, 6.45) is 6.90. The highest BCUT2D eigenvalue weighted by molar-refractivity contribution is 7.81. The SMILES string of the molecule is C=C(CC[C@@H](COS(=O)(=O)[O-])[C@H]1CCC2C3CC=C4[C@@H](O)[C@H](OS(=O)(=O)[O-])CC[C@]4(C)C3CC[C@@]21C)C(C)C. The van der Waals surface area contributed by atoms with Crippen LogP contribution < -0.4 is 0 Å². The first-order valence-electron chi connectivity index (χ1n) is 14.3. The minimum Gasteiger partial charge on any atom is -0.726 e. The first-order valence-corrected chi connectivity index (χ1v) is 16.9. The maximum Gasteiger partial charge on any atom is 0.218 e. The Morgan fingerprint density at radius 3 is 2.38 bits per heavy atom. The van der Waals surface area contributed by atoms with E-state index in [2.05, 4.69) is 40.3 Å². The summed E-state index contributed by atoms with van der Waals surface area (Å²) in [4.78, 5) is 0. The van der Waals surface area contributed by atoms with Crippen LogP contribution in [-0.4, -0.2) is 49.9 Å². The second-order valence-electron chi connectivity index (χ2n) is 13.2. The molecule has 0 amide bonds. The zero-order valence-electron chi connectivity index (χ0n) is 23.5. The Hall–Kier alpha value is -0.820. The predicted octanol–water partition coefficient (Wildman–Crippen LogP) is 4.47. The fraction of sp³-hybridized carbons (Fsp3) is 0.857. The Morgan fingerprint density at radius 2 is 1.77 bits per heavy atom. The van der Waals surface area contributed by atoms with Crippen molar-refractivity contribution in [1.82, 2.24) is 0 Å². The number of fused-ring (bicyclic) bond motifs is 5. The van der Waals surface area contributed by atoms with Crippen molar-refractivity contribution >= 4 is 20.8 Å². The van der Waals surface area contributed by atoms with Crippen LogP contribution in [0.4, 0.5) is 0 Å². The van der Waals surface area contributed by atoms with Gasteiger partial charge in [-0.05, 0) is 110 Å². The average Bonchev–Trinajstić information content (AvgIpc) is 3.16. The Balaban J connectivity index is 1.56. The van der Waals surface area contributed by atoms with Crippen LogP contribution in [0.1, 0.15) is 85.5 Å². The van der Waals surface area contributed by atoms with Crippen molar-refractivity contribution in [2.75, 3.05) is 6.61 Å². The molecule has 11 heteroatoms. The maximum absolute atomic E-state index is 11.4. The number of aliphatic hydroxyl groups excluding tert-OH is 1. The quantitative estimate of drug-likeness (QED) is 0.221. The second-order valence-corrected chi connectivity index (χ2v) is 15.3. The summed E-state index contributed by atoms with van der Waals surface area (Å²) < 4.78 is 77.2. The summed E-state index contributed by atoms with van der Waals surface area (Å²) in [5, 5.41) is 11.0. The first kappa shape index (κ1) is 31.1. The molecule has 0 radical (unpaired) electrons. The molecule has 3 fully saturated rings. The molecule has 4 aliphatic rings. The Kier molecular flexibility index (Phi) is 8.87. The third-order valence-electron chi connectivity index (χ3n) is 11.1. The van der Waals surface area contributed by atoms with Crippen molar-refractivity contribution in [2.45, 2.75) is 97.7 Å². The molecule has 3 saturated carbocycles. The molecular formula is C28H44O9S2-2. The smallest absolute Gasteiger partial charge is 0.218 e. The van der Waals surface area contributed by atoms with Crippen LogP contribution in [0.25, 0.3) is 0 Å². The van der Waals surface area contributed by atoms with Crippen molar-refractivity contribution in [3.63, 3.8) is 0 Å². The third kappa shape index (κ3) is 6.34. The fourth-order valence-corrected chi connectivity index (χ4v) is 9.85. The number of hydrogen-bond acceptors (Lipinski definition) is 9. The van der Waals surface area contributed by atoms with Gasteiger partial charge in [-0.2, -0.15) is 0 Å². The van der Waals surface area contributed by atoms with Gasteiger partial charge in [-0.15, -0.1) is 0 Å². The highest BCUT2D eigenvalue weighted by Gasteiger charge is 2.60. The number of hydrogen-bond donors (Lipinski definition) is 1. The van der Waals surface area contributed by atoms with E-state index in [1.165, 1.54) is 0 Å². The Labute approximate surface area is 234 Å². The maximum atomic E-state index is 11.4. The lowest BCUT2D eigenvalue weighted by molar-refractivity contribution is -0.0788. The lowest BCUT2D eigenvalue weighted by Crippen LogP contribution is -2.54. The summed E-state index contributed by atoms with van der Waals surface area (Å²) in [5.74, 6) is 1.58. The molecule has 0 aromatic carbocycles. The summed E-state index contributed by atoms with van der Waals surface area (Å²) in [6, 6.07) is 0. The summed E-state index contributed by atoms with van der Waals surface area (Å²) >= 11 is 0. The van der Waals surface area contributed by atoms with E-state index in [0.717, 1.165) is 56.1 Å². The third-order valence-corrected chi connectivity index (χ3v) is 12.0. The molecular weight excluding hydrogens is 544 g/mol. The monoisotopic (exact) mass is 588 g/mol. The van der Waals surface area contributed by atoms with Gasteiger partial charge in [0.25, 0.3) is 0 Å². The molecule has 224 valence electrons. The lowest BCUT2D eigenvalue weighted by Gasteiger charge is -2.59. The molecule has 3 unspecified atom stereocenters. The van der Waals surface area contributed by atoms with E-state index < -0.39 is 33.0 Å². The Morgan fingerprint density at radius 1 is 1.08 bits per heavy atom. The van der Waals surface area contributed by atoms with Crippen LogP contribution in [0, 0.1) is 46.3 Å². The van der Waals surface area contributed by atoms with Gasteiger partial charge in [-0.25, -0.2) is 16.8 Å². The van der Waals surface area contributed by atoms with Crippen molar-refractivity contribution in [3.05, 3.63) is 23.8 Å². The highest BCUT2D eigenvalue weighted by Crippen LogP contribution is 2.67. The van der Waals surface area contributed by atoms with E-state index in [9.17, 15) is 31.0 Å². The molecule has 0 spiro atoms. The zero-order chi connectivity index (χ0) is 29.0. The van der Waals surface area contributed by atoms with Gasteiger partial charge in [0, 0.05) is 0 Å². The minimum absolute atomic E-state index is 0.0295. The van der Waals surface area contributed by atoms with Gasteiger partial charge in [-0.1, -0.05) is 45.9 Å². The molecule has 0 aromatic rings. The second kappa shape index (κ2) is 11.1. The van der Waals surface area contributed by atoms with Crippen LogP contribution in [0.2, 0.25) is 0 Å². The van der Waals surface area contributed by atoms with E-state index >= 15 is 0 Å². The van der Waals surface area contributed by atoms with Crippen molar-refractivity contribution < 1.29 is 39.4 Å². The van der Waals surface area contributed by atoms with E-state index in [4.69, 9.17) is 8.37 Å². The van der Waals surface area contributed by atoms with Crippen LogP contribution >= 0.6 is 0 Å². The first-order chi connectivity index (χ1) is 18.0. The molecule has 0 aromatic heterocycles. The van der Waals surface area contributed by atoms with Crippen LogP contribution in [0.5, 0.6) is 0 Å². The van der Waals surface area contributed by atoms with Gasteiger partial charge in [0.15, 0.2) is 0 Å². The molecule has 9 nitrogen and oxygen atoms in total. The molecule has 4 aliphatic carbocycles. The highest BCUT2D eigenvalue weighted by atomic mass is 32.3. The molecule has 9 atom stereocenters. The van der Waals surface area contributed by atoms with Crippen molar-refractivity contribution in [3.8, 4) is 0 Å². The topological polar surface area (TPSA) is 153 Å². The molecule has 0 bridgehead atoms. The Bertz CT molecular complexity index is 1180. The molecule has 0 aliphatic heterocycles. The average molecular weight is 589 g/mol. The van der Waals surface area contributed by atoms with Gasteiger partial charge in [-0.3, -0.25) is 8.37 Å². The van der Waals surface area contributed by atoms with Crippen molar-refractivity contribution in [2.24, 2.45) is 46.3 Å². The molecule has 0 heterocycles. The molecule has 4 rings (SSSR count). The zero-order valence-corrected chi connectivity index (χ0v) is 25.1. The van der Waals surface area contributed by atoms with Crippen molar-refractivity contribution in [1.29, 1.82) is 0 Å². The van der Waals surface area contributed by atoms with E-state index in [1.807, 2.05) is 0 Å². The van der Waals surface area contributed by atoms with Gasteiger partial charge >= 0.3 is 0 Å². The molecule has 1 N–H and O–H groups in total. The van der Waals surface area contributed by atoms with E-state index in [0.29, 0.717) is 36.5 Å². The molecule has 39 heavy (non-hydrogen) atoms. The largest absolute Gasteiger partial charge is 0.726 e. The summed E-state index contributed by atoms with van der Waals surface area (Å²) in [5.41, 5.74) is 1.57. The van der Waals surface area contributed by atoms with E-state index in [-0.39, 0.29) is 29.3 Å². The van der Waals surface area contributed by atoms with Gasteiger partial charge in [0.05, 0.1) is 6.61 Å². The number of rotatable bonds is 10. The van der Waals surface area contributed by atoms with Crippen LogP contribution in [0.3, 0.4) is 0 Å². The fourth-order valence-electron chi connectivity index (χ4n) is 9.00. The lowest BCUT2D eigenvalue weighted by atomic mass is 9.46. The van der Waals surface area contributed by atoms with E-state index in [1.54, 1.807) is 0 Å². The van der Waals surface area contributed by atoms with Crippen LogP contribution in [0.15, 0.2) is 23.8 Å². The molecule has 0 saturated heterocycles. The normalized spacial score (nSPS) is 39.4. The summed E-state index contributed by atoms with van der Waals surface area (Å²) in [7, 11) is -9.70. The van der Waals surface area contributed by atoms with Gasteiger partial charge in [0.2, 0.25) is 20.8 Å².